The molecule has 0 unspecified atom stereocenters. The van der Waals surface area contributed by atoms with E-state index >= 15 is 0 Å². The van der Waals surface area contributed by atoms with Gasteiger partial charge in [-0.1, -0.05) is 38.8 Å². The van der Waals surface area contributed by atoms with E-state index in [2.05, 4.69) is 24.1 Å². The first kappa shape index (κ1) is 21.3. The van der Waals surface area contributed by atoms with Crippen molar-refractivity contribution in [3.63, 3.8) is 0 Å². The van der Waals surface area contributed by atoms with E-state index < -0.39 is 5.41 Å². The van der Waals surface area contributed by atoms with E-state index in [0.29, 0.717) is 6.61 Å². The number of ether oxygens (including phenoxy) is 1. The van der Waals surface area contributed by atoms with E-state index in [1.165, 1.54) is 12.1 Å². The van der Waals surface area contributed by atoms with Crippen LogP contribution in [-0.2, 0) is 10.2 Å². The van der Waals surface area contributed by atoms with Gasteiger partial charge in [-0.05, 0) is 67.9 Å². The third-order valence-electron chi connectivity index (χ3n) is 5.97. The summed E-state index contributed by atoms with van der Waals surface area (Å²) in [5, 5.41) is 3.06. The van der Waals surface area contributed by atoms with E-state index in [1.54, 1.807) is 12.1 Å². The number of rotatable bonds is 9. The maximum atomic E-state index is 13.3. The zero-order valence-corrected chi connectivity index (χ0v) is 17.4. The number of carbonyl (C=O) groups excluding carboxylic acids is 1. The molecule has 3 rings (SSSR count). The van der Waals surface area contributed by atoms with Crippen molar-refractivity contribution in [1.82, 2.24) is 4.90 Å². The SMILES string of the molecule is CCN(CC)CCOc1ccc(NC(=O)C2(c3ccc(F)cc3)CCCC2)cc1. The van der Waals surface area contributed by atoms with E-state index in [0.717, 1.165) is 62.3 Å². The van der Waals surface area contributed by atoms with Crippen LogP contribution in [0.5, 0.6) is 5.75 Å². The van der Waals surface area contributed by atoms with Gasteiger partial charge in [0, 0.05) is 12.2 Å². The number of amides is 1. The first-order valence-corrected chi connectivity index (χ1v) is 10.6. The van der Waals surface area contributed by atoms with Crippen molar-refractivity contribution in [3.05, 3.63) is 59.9 Å². The van der Waals surface area contributed by atoms with Crippen LogP contribution in [0.2, 0.25) is 0 Å². The van der Waals surface area contributed by atoms with Gasteiger partial charge in [0.1, 0.15) is 18.2 Å². The highest BCUT2D eigenvalue weighted by atomic mass is 19.1. The highest BCUT2D eigenvalue weighted by Crippen LogP contribution is 2.42. The molecule has 0 radical (unpaired) electrons. The molecule has 1 saturated carbocycles. The average Bonchev–Trinajstić information content (AvgIpc) is 3.24. The van der Waals surface area contributed by atoms with Gasteiger partial charge in [-0.3, -0.25) is 4.79 Å². The molecular formula is C24H31FN2O2. The molecule has 0 aliphatic heterocycles. The van der Waals surface area contributed by atoms with Crippen LogP contribution in [0.1, 0.15) is 45.1 Å². The molecule has 0 saturated heterocycles. The largest absolute Gasteiger partial charge is 0.492 e. The molecule has 0 bridgehead atoms. The van der Waals surface area contributed by atoms with Gasteiger partial charge in [0.05, 0.1) is 5.41 Å². The molecule has 2 aromatic rings. The van der Waals surface area contributed by atoms with Crippen molar-refractivity contribution >= 4 is 11.6 Å². The molecule has 0 spiro atoms. The summed E-state index contributed by atoms with van der Waals surface area (Å²) in [6, 6.07) is 13.9. The Bertz CT molecular complexity index is 780. The Morgan fingerprint density at radius 3 is 2.24 bits per heavy atom. The van der Waals surface area contributed by atoms with E-state index in [1.807, 2.05) is 24.3 Å². The number of likely N-dealkylation sites (N-methyl/N-ethyl adjacent to an activating group) is 1. The Labute approximate surface area is 173 Å². The molecule has 5 heteroatoms. The van der Waals surface area contributed by atoms with Gasteiger partial charge in [0.25, 0.3) is 0 Å². The van der Waals surface area contributed by atoms with Crippen LogP contribution in [0.25, 0.3) is 0 Å². The quantitative estimate of drug-likeness (QED) is 0.646. The van der Waals surface area contributed by atoms with Gasteiger partial charge in [-0.25, -0.2) is 4.39 Å². The number of nitrogens with zero attached hydrogens (tertiary/aromatic N) is 1. The van der Waals surface area contributed by atoms with Crippen LogP contribution in [0.4, 0.5) is 10.1 Å². The van der Waals surface area contributed by atoms with Crippen LogP contribution < -0.4 is 10.1 Å². The third-order valence-corrected chi connectivity index (χ3v) is 5.97. The maximum Gasteiger partial charge on any atom is 0.235 e. The lowest BCUT2D eigenvalue weighted by Gasteiger charge is -2.28. The summed E-state index contributed by atoms with van der Waals surface area (Å²) in [7, 11) is 0. The Balaban J connectivity index is 1.62. The lowest BCUT2D eigenvalue weighted by atomic mass is 9.78. The zero-order chi connectivity index (χ0) is 20.7. The van der Waals surface area contributed by atoms with Gasteiger partial charge in [0.15, 0.2) is 0 Å². The van der Waals surface area contributed by atoms with Crippen molar-refractivity contribution in [3.8, 4) is 5.75 Å². The van der Waals surface area contributed by atoms with Gasteiger partial charge in [0.2, 0.25) is 5.91 Å². The molecule has 4 nitrogen and oxygen atoms in total. The first-order chi connectivity index (χ1) is 14.1. The lowest BCUT2D eigenvalue weighted by molar-refractivity contribution is -0.121. The molecular weight excluding hydrogens is 367 g/mol. The van der Waals surface area contributed by atoms with Crippen molar-refractivity contribution in [2.75, 3.05) is 31.6 Å². The zero-order valence-electron chi connectivity index (χ0n) is 17.4. The van der Waals surface area contributed by atoms with E-state index in [9.17, 15) is 9.18 Å². The Morgan fingerprint density at radius 2 is 1.66 bits per heavy atom. The van der Waals surface area contributed by atoms with Crippen molar-refractivity contribution < 1.29 is 13.9 Å². The van der Waals surface area contributed by atoms with Crippen LogP contribution in [0, 0.1) is 5.82 Å². The molecule has 0 atom stereocenters. The summed E-state index contributed by atoms with van der Waals surface area (Å²) in [6.45, 7) is 7.85. The second kappa shape index (κ2) is 9.88. The lowest BCUT2D eigenvalue weighted by Crippen LogP contribution is -2.38. The summed E-state index contributed by atoms with van der Waals surface area (Å²) >= 11 is 0. The average molecular weight is 399 g/mol. The van der Waals surface area contributed by atoms with Crippen LogP contribution in [-0.4, -0.2) is 37.0 Å². The first-order valence-electron chi connectivity index (χ1n) is 10.6. The second-order valence-electron chi connectivity index (χ2n) is 7.65. The number of hydrogen-bond donors (Lipinski definition) is 1. The van der Waals surface area contributed by atoms with Crippen LogP contribution in [0.15, 0.2) is 48.5 Å². The molecule has 1 aliphatic carbocycles. The van der Waals surface area contributed by atoms with Gasteiger partial charge in [-0.2, -0.15) is 0 Å². The maximum absolute atomic E-state index is 13.3. The number of anilines is 1. The standard InChI is InChI=1S/C24H31FN2O2/c1-3-27(4-2)17-18-29-22-13-11-21(12-14-22)26-23(28)24(15-5-6-16-24)19-7-9-20(25)10-8-19/h7-14H,3-6,15-18H2,1-2H3,(H,26,28). The number of carbonyl (C=O) groups is 1. The minimum atomic E-state index is -0.577. The Kier molecular flexibility index (Phi) is 7.26. The summed E-state index contributed by atoms with van der Waals surface area (Å²) in [5.41, 5.74) is 1.07. The number of benzene rings is 2. The summed E-state index contributed by atoms with van der Waals surface area (Å²) < 4.78 is 19.2. The highest BCUT2D eigenvalue weighted by Gasteiger charge is 2.42. The predicted molar refractivity (Wildman–Crippen MR) is 115 cm³/mol. The summed E-state index contributed by atoms with van der Waals surface area (Å²) in [4.78, 5) is 15.5. The fourth-order valence-electron chi connectivity index (χ4n) is 4.11. The number of nitrogens with one attached hydrogen (secondary N) is 1. The molecule has 29 heavy (non-hydrogen) atoms. The Morgan fingerprint density at radius 1 is 1.03 bits per heavy atom. The summed E-state index contributed by atoms with van der Waals surface area (Å²) in [5.74, 6) is 0.500. The minimum Gasteiger partial charge on any atom is -0.492 e. The van der Waals surface area contributed by atoms with Crippen LogP contribution >= 0.6 is 0 Å². The van der Waals surface area contributed by atoms with Crippen LogP contribution in [0.3, 0.4) is 0 Å². The molecule has 156 valence electrons. The molecule has 1 N–H and O–H groups in total. The number of hydrogen-bond acceptors (Lipinski definition) is 3. The van der Waals surface area contributed by atoms with Gasteiger partial charge >= 0.3 is 0 Å². The van der Waals surface area contributed by atoms with E-state index in [4.69, 9.17) is 4.74 Å². The highest BCUT2D eigenvalue weighted by molar-refractivity contribution is 5.99. The predicted octanol–water partition coefficient (Wildman–Crippen LogP) is 5.00. The van der Waals surface area contributed by atoms with Crippen molar-refractivity contribution in [2.45, 2.75) is 44.9 Å². The third kappa shape index (κ3) is 5.15. The minimum absolute atomic E-state index is 0.0168. The normalized spacial score (nSPS) is 15.4. The van der Waals surface area contributed by atoms with Gasteiger partial charge in [-0.15, -0.1) is 0 Å². The second-order valence-corrected chi connectivity index (χ2v) is 7.65. The van der Waals surface area contributed by atoms with Crippen molar-refractivity contribution in [2.24, 2.45) is 0 Å². The summed E-state index contributed by atoms with van der Waals surface area (Å²) in [6.07, 6.45) is 3.59. The molecule has 0 aromatic heterocycles. The van der Waals surface area contributed by atoms with Crippen molar-refractivity contribution in [1.29, 1.82) is 0 Å². The topological polar surface area (TPSA) is 41.6 Å². The molecule has 1 aliphatic rings. The fraction of sp³-hybridized carbons (Fsp3) is 0.458. The molecule has 1 fully saturated rings. The van der Waals surface area contributed by atoms with E-state index in [-0.39, 0.29) is 11.7 Å². The molecule has 0 heterocycles. The molecule has 1 amide bonds. The fourth-order valence-corrected chi connectivity index (χ4v) is 4.11. The smallest absolute Gasteiger partial charge is 0.235 e. The van der Waals surface area contributed by atoms with Gasteiger partial charge < -0.3 is 15.0 Å². The Hall–Kier alpha value is -2.40. The monoisotopic (exact) mass is 398 g/mol. The number of halogens is 1. The molecule has 2 aromatic carbocycles.